The third kappa shape index (κ3) is 5.99. The largest absolute Gasteiger partial charge is 0.493 e. The van der Waals surface area contributed by atoms with E-state index in [-0.39, 0.29) is 0 Å². The lowest BCUT2D eigenvalue weighted by Gasteiger charge is -2.10. The summed E-state index contributed by atoms with van der Waals surface area (Å²) in [4.78, 5) is 0. The summed E-state index contributed by atoms with van der Waals surface area (Å²) in [6, 6.07) is 7.65. The van der Waals surface area contributed by atoms with Gasteiger partial charge in [-0.2, -0.15) is 11.8 Å². The van der Waals surface area contributed by atoms with Gasteiger partial charge < -0.3 is 9.84 Å². The minimum atomic E-state index is -0.436. The van der Waals surface area contributed by atoms with Crippen molar-refractivity contribution in [2.24, 2.45) is 5.92 Å². The van der Waals surface area contributed by atoms with Crippen molar-refractivity contribution in [1.82, 2.24) is 0 Å². The molecule has 0 fully saturated rings. The smallest absolute Gasteiger partial charge is 0.119 e. The first-order valence-corrected chi connectivity index (χ1v) is 7.23. The van der Waals surface area contributed by atoms with E-state index in [9.17, 15) is 5.11 Å². The van der Waals surface area contributed by atoms with Gasteiger partial charge in [0, 0.05) is 5.75 Å². The zero-order chi connectivity index (χ0) is 12.7. The first kappa shape index (κ1) is 14.4. The molecule has 2 nitrogen and oxygen atoms in total. The minimum absolute atomic E-state index is 0.436. The van der Waals surface area contributed by atoms with E-state index >= 15 is 0 Å². The lowest BCUT2D eigenvalue weighted by atomic mass is 10.1. The first-order valence-electron chi connectivity index (χ1n) is 6.08. The van der Waals surface area contributed by atoms with Crippen molar-refractivity contribution in [3.63, 3.8) is 0 Å². The highest BCUT2D eigenvalue weighted by atomic mass is 32.2. The van der Waals surface area contributed by atoms with Crippen LogP contribution in [0.3, 0.4) is 0 Å². The molecule has 0 radical (unpaired) electrons. The van der Waals surface area contributed by atoms with Gasteiger partial charge in [-0.05, 0) is 36.3 Å². The second kappa shape index (κ2) is 7.62. The van der Waals surface area contributed by atoms with Crippen molar-refractivity contribution >= 4 is 11.8 Å². The maximum Gasteiger partial charge on any atom is 0.119 e. The van der Waals surface area contributed by atoms with Crippen LogP contribution in [0.15, 0.2) is 24.3 Å². The molecular formula is C14H22O2S. The van der Waals surface area contributed by atoms with E-state index in [4.69, 9.17) is 4.74 Å². The molecule has 0 amide bonds. The van der Waals surface area contributed by atoms with E-state index in [1.54, 1.807) is 6.92 Å². The van der Waals surface area contributed by atoms with E-state index < -0.39 is 6.10 Å². The Labute approximate surface area is 108 Å². The van der Waals surface area contributed by atoms with E-state index in [0.29, 0.717) is 0 Å². The maximum absolute atomic E-state index is 9.46. The third-order valence-corrected chi connectivity index (χ3v) is 3.65. The van der Waals surface area contributed by atoms with Gasteiger partial charge in [0.05, 0.1) is 12.7 Å². The minimum Gasteiger partial charge on any atom is -0.493 e. The van der Waals surface area contributed by atoms with Gasteiger partial charge in [-0.1, -0.05) is 26.0 Å². The molecule has 0 saturated heterocycles. The predicted molar refractivity (Wildman–Crippen MR) is 74.7 cm³/mol. The van der Waals surface area contributed by atoms with Crippen LogP contribution < -0.4 is 4.74 Å². The summed E-state index contributed by atoms with van der Waals surface area (Å²) in [5.74, 6) is 3.76. The van der Waals surface area contributed by atoms with Gasteiger partial charge in [0.15, 0.2) is 0 Å². The summed E-state index contributed by atoms with van der Waals surface area (Å²) < 4.78 is 5.65. The second-order valence-corrected chi connectivity index (χ2v) is 5.72. The number of aliphatic hydroxyl groups excluding tert-OH is 1. The number of rotatable bonds is 7. The van der Waals surface area contributed by atoms with Crippen LogP contribution >= 0.6 is 11.8 Å². The van der Waals surface area contributed by atoms with Gasteiger partial charge in [0.2, 0.25) is 0 Å². The van der Waals surface area contributed by atoms with E-state index in [1.807, 2.05) is 36.0 Å². The molecule has 1 N–H and O–H groups in total. The average molecular weight is 254 g/mol. The molecule has 1 rings (SSSR count). The molecule has 17 heavy (non-hydrogen) atoms. The Morgan fingerprint density at radius 1 is 1.29 bits per heavy atom. The van der Waals surface area contributed by atoms with Gasteiger partial charge >= 0.3 is 0 Å². The molecule has 0 aliphatic rings. The Morgan fingerprint density at radius 3 is 2.71 bits per heavy atom. The zero-order valence-electron chi connectivity index (χ0n) is 10.8. The molecule has 3 heteroatoms. The van der Waals surface area contributed by atoms with Crippen LogP contribution in [0.1, 0.15) is 32.4 Å². The summed E-state index contributed by atoms with van der Waals surface area (Å²) >= 11 is 1.92. The molecule has 1 aromatic carbocycles. The molecule has 0 aliphatic heterocycles. The highest BCUT2D eigenvalue weighted by Crippen LogP contribution is 2.19. The number of thioether (sulfide) groups is 1. The van der Waals surface area contributed by atoms with Gasteiger partial charge in [-0.25, -0.2) is 0 Å². The summed E-state index contributed by atoms with van der Waals surface area (Å²) in [6.45, 7) is 6.93. The number of aliphatic hydroxyl groups is 1. The Hall–Kier alpha value is -0.670. The Kier molecular flexibility index (Phi) is 6.45. The lowest BCUT2D eigenvalue weighted by Crippen LogP contribution is -2.03. The summed E-state index contributed by atoms with van der Waals surface area (Å²) in [5, 5.41) is 9.46. The molecule has 0 spiro atoms. The van der Waals surface area contributed by atoms with E-state index in [0.717, 1.165) is 29.6 Å². The monoisotopic (exact) mass is 254 g/mol. The van der Waals surface area contributed by atoms with Crippen LogP contribution in [0, 0.1) is 5.92 Å². The van der Waals surface area contributed by atoms with Crippen LogP contribution in [-0.4, -0.2) is 23.2 Å². The van der Waals surface area contributed by atoms with Crippen LogP contribution in [0.4, 0.5) is 0 Å². The number of hydrogen-bond donors (Lipinski definition) is 1. The summed E-state index contributed by atoms with van der Waals surface area (Å²) in [7, 11) is 0. The lowest BCUT2D eigenvalue weighted by molar-refractivity contribution is 0.198. The normalized spacial score (nSPS) is 12.8. The Bertz CT molecular complexity index is 324. The van der Waals surface area contributed by atoms with Crippen molar-refractivity contribution < 1.29 is 9.84 Å². The molecule has 0 heterocycles. The van der Waals surface area contributed by atoms with Crippen LogP contribution in [0.5, 0.6) is 5.75 Å². The van der Waals surface area contributed by atoms with Crippen molar-refractivity contribution in [2.45, 2.75) is 26.9 Å². The standard InChI is InChI=1S/C14H22O2S/c1-11(2)10-17-8-7-16-14-6-4-5-13(9-14)12(3)15/h4-6,9,11-12,15H,7-8,10H2,1-3H3. The highest BCUT2D eigenvalue weighted by Gasteiger charge is 2.02. The average Bonchev–Trinajstić information content (AvgIpc) is 2.28. The first-order chi connectivity index (χ1) is 8.09. The Morgan fingerprint density at radius 2 is 2.06 bits per heavy atom. The highest BCUT2D eigenvalue weighted by molar-refractivity contribution is 7.99. The molecule has 1 aromatic rings. The molecule has 0 aliphatic carbocycles. The Balaban J connectivity index is 2.29. The number of benzene rings is 1. The third-order valence-electron chi connectivity index (χ3n) is 2.29. The molecule has 1 unspecified atom stereocenters. The fraction of sp³-hybridized carbons (Fsp3) is 0.571. The molecule has 0 aromatic heterocycles. The molecule has 0 bridgehead atoms. The summed E-state index contributed by atoms with van der Waals surface area (Å²) in [5.41, 5.74) is 0.900. The summed E-state index contributed by atoms with van der Waals surface area (Å²) in [6.07, 6.45) is -0.436. The molecule has 1 atom stereocenters. The second-order valence-electron chi connectivity index (χ2n) is 4.57. The molecule has 0 saturated carbocycles. The molecular weight excluding hydrogens is 232 g/mol. The van der Waals surface area contributed by atoms with Gasteiger partial charge in [-0.3, -0.25) is 0 Å². The van der Waals surface area contributed by atoms with E-state index in [1.165, 1.54) is 5.75 Å². The van der Waals surface area contributed by atoms with Crippen LogP contribution in [-0.2, 0) is 0 Å². The molecule has 96 valence electrons. The van der Waals surface area contributed by atoms with Crippen molar-refractivity contribution in [3.05, 3.63) is 29.8 Å². The van der Waals surface area contributed by atoms with Crippen molar-refractivity contribution in [3.8, 4) is 5.75 Å². The fourth-order valence-corrected chi connectivity index (χ4v) is 2.24. The SMILES string of the molecule is CC(C)CSCCOc1cccc(C(C)O)c1. The topological polar surface area (TPSA) is 29.5 Å². The maximum atomic E-state index is 9.46. The van der Waals surface area contributed by atoms with Gasteiger partial charge in [0.25, 0.3) is 0 Å². The number of hydrogen-bond acceptors (Lipinski definition) is 3. The van der Waals surface area contributed by atoms with Crippen molar-refractivity contribution in [1.29, 1.82) is 0 Å². The van der Waals surface area contributed by atoms with Crippen LogP contribution in [0.25, 0.3) is 0 Å². The predicted octanol–water partition coefficient (Wildman–Crippen LogP) is 3.51. The number of ether oxygens (including phenoxy) is 1. The quantitative estimate of drug-likeness (QED) is 0.755. The van der Waals surface area contributed by atoms with Gasteiger partial charge in [0.1, 0.15) is 5.75 Å². The fourth-order valence-electron chi connectivity index (χ4n) is 1.40. The van der Waals surface area contributed by atoms with Gasteiger partial charge in [-0.15, -0.1) is 0 Å². The van der Waals surface area contributed by atoms with Crippen molar-refractivity contribution in [2.75, 3.05) is 18.1 Å². The van der Waals surface area contributed by atoms with Crippen LogP contribution in [0.2, 0.25) is 0 Å². The zero-order valence-corrected chi connectivity index (χ0v) is 11.7. The van der Waals surface area contributed by atoms with E-state index in [2.05, 4.69) is 13.8 Å².